The second-order valence-electron chi connectivity index (χ2n) is 9.14. The maximum atomic E-state index is 13.2. The van der Waals surface area contributed by atoms with E-state index in [-0.39, 0.29) is 11.2 Å². The van der Waals surface area contributed by atoms with Crippen molar-refractivity contribution in [2.45, 2.75) is 45.5 Å². The van der Waals surface area contributed by atoms with Crippen LogP contribution in [0.1, 0.15) is 17.0 Å². The molecule has 0 aliphatic heterocycles. The lowest BCUT2D eigenvalue weighted by atomic mass is 9.98. The molecular formula is C22H23F3N6OSi. The van der Waals surface area contributed by atoms with E-state index in [4.69, 9.17) is 4.74 Å². The number of halogens is 3. The van der Waals surface area contributed by atoms with Crippen LogP contribution in [0, 0.1) is 18.3 Å². The van der Waals surface area contributed by atoms with Crippen LogP contribution in [0.2, 0.25) is 25.7 Å². The van der Waals surface area contributed by atoms with Crippen LogP contribution in [-0.2, 0) is 17.6 Å². The number of fused-ring (bicyclic) bond motifs is 2. The lowest BCUT2D eigenvalue weighted by Gasteiger charge is -2.15. The first kappa shape index (κ1) is 22.9. The maximum absolute atomic E-state index is 13.2. The molecule has 3 heterocycles. The average Bonchev–Trinajstić information content (AvgIpc) is 3.34. The smallest absolute Gasteiger partial charge is 0.360 e. The highest BCUT2D eigenvalue weighted by molar-refractivity contribution is 6.76. The molecule has 0 bridgehead atoms. The van der Waals surface area contributed by atoms with E-state index in [1.54, 1.807) is 16.9 Å². The number of aryl methyl sites for hydroxylation is 1. The fraction of sp³-hybridized carbons (Fsp3) is 0.364. The van der Waals surface area contributed by atoms with Gasteiger partial charge in [-0.3, -0.25) is 0 Å². The fourth-order valence-corrected chi connectivity index (χ4v) is 4.42. The van der Waals surface area contributed by atoms with Crippen LogP contribution in [-0.4, -0.2) is 39.1 Å². The van der Waals surface area contributed by atoms with Crippen LogP contribution in [0.3, 0.4) is 0 Å². The Morgan fingerprint density at radius 2 is 1.97 bits per heavy atom. The van der Waals surface area contributed by atoms with Gasteiger partial charge < -0.3 is 4.74 Å². The van der Waals surface area contributed by atoms with E-state index in [0.717, 1.165) is 27.0 Å². The highest BCUT2D eigenvalue weighted by Gasteiger charge is 2.36. The second kappa shape index (κ2) is 8.28. The number of pyridine rings is 1. The van der Waals surface area contributed by atoms with E-state index in [0.29, 0.717) is 24.5 Å². The van der Waals surface area contributed by atoms with Gasteiger partial charge in [0.1, 0.15) is 6.73 Å². The number of nitrogens with zero attached hydrogens (tertiary/aromatic N) is 6. The monoisotopic (exact) mass is 472 g/mol. The largest absolute Gasteiger partial charge is 0.453 e. The van der Waals surface area contributed by atoms with Gasteiger partial charge in [0.2, 0.25) is 0 Å². The van der Waals surface area contributed by atoms with Gasteiger partial charge in [-0.25, -0.2) is 14.2 Å². The third-order valence-corrected chi connectivity index (χ3v) is 7.01. The summed E-state index contributed by atoms with van der Waals surface area (Å²) in [6, 6.07) is 8.16. The molecule has 1 aromatic carbocycles. The van der Waals surface area contributed by atoms with Gasteiger partial charge in [0.15, 0.2) is 5.65 Å². The Kier molecular flexibility index (Phi) is 5.75. The molecule has 4 rings (SSSR count). The maximum Gasteiger partial charge on any atom is 0.453 e. The molecular weight excluding hydrogens is 449 g/mol. The van der Waals surface area contributed by atoms with Crippen molar-refractivity contribution in [2.24, 2.45) is 0 Å². The van der Waals surface area contributed by atoms with Crippen LogP contribution in [0.25, 0.3) is 27.7 Å². The zero-order valence-electron chi connectivity index (χ0n) is 18.7. The summed E-state index contributed by atoms with van der Waals surface area (Å²) < 4.78 is 48.2. The quantitative estimate of drug-likeness (QED) is 0.283. The molecule has 0 aliphatic rings. The minimum atomic E-state index is -4.69. The summed E-state index contributed by atoms with van der Waals surface area (Å²) in [5.41, 5.74) is 2.78. The van der Waals surface area contributed by atoms with Crippen molar-refractivity contribution in [3.05, 3.63) is 47.5 Å². The van der Waals surface area contributed by atoms with Gasteiger partial charge in [0, 0.05) is 31.8 Å². The summed E-state index contributed by atoms with van der Waals surface area (Å²) in [6.45, 7) is 9.73. The van der Waals surface area contributed by atoms with E-state index in [9.17, 15) is 18.4 Å². The molecule has 4 aromatic rings. The number of alkyl halides is 3. The number of ether oxygens (including phenoxy) is 1. The first-order valence-electron chi connectivity index (χ1n) is 10.4. The Morgan fingerprint density at radius 3 is 2.64 bits per heavy atom. The predicted molar refractivity (Wildman–Crippen MR) is 120 cm³/mol. The van der Waals surface area contributed by atoms with Gasteiger partial charge in [-0.1, -0.05) is 19.6 Å². The van der Waals surface area contributed by atoms with E-state index >= 15 is 0 Å². The lowest BCUT2D eigenvalue weighted by Crippen LogP contribution is -2.22. The molecule has 0 aliphatic carbocycles. The SMILES string of the molecule is Cc1cc(-c2c(C#N)ccn3nc(C(F)(F)F)nc23)cc2cnn(COCC[Si](C)(C)C)c12. The van der Waals surface area contributed by atoms with E-state index in [1.165, 1.54) is 12.3 Å². The summed E-state index contributed by atoms with van der Waals surface area (Å²) in [5, 5.41) is 18.4. The zero-order chi connectivity index (χ0) is 24.0. The van der Waals surface area contributed by atoms with E-state index in [1.807, 2.05) is 13.0 Å². The first-order valence-corrected chi connectivity index (χ1v) is 14.1. The summed E-state index contributed by atoms with van der Waals surface area (Å²) >= 11 is 0. The molecule has 0 amide bonds. The van der Waals surface area contributed by atoms with Crippen LogP contribution < -0.4 is 0 Å². The van der Waals surface area contributed by atoms with Gasteiger partial charge in [0.25, 0.3) is 5.82 Å². The van der Waals surface area contributed by atoms with Gasteiger partial charge in [0.05, 0.1) is 23.3 Å². The Balaban J connectivity index is 1.75. The second-order valence-corrected chi connectivity index (χ2v) is 14.8. The predicted octanol–water partition coefficient (Wildman–Crippen LogP) is 5.26. The normalized spacial score (nSPS) is 12.5. The molecule has 0 saturated carbocycles. The topological polar surface area (TPSA) is 81.0 Å². The molecule has 7 nitrogen and oxygen atoms in total. The summed E-state index contributed by atoms with van der Waals surface area (Å²) in [4.78, 5) is 3.69. The average molecular weight is 473 g/mol. The van der Waals surface area contributed by atoms with Crippen LogP contribution in [0.4, 0.5) is 13.2 Å². The highest BCUT2D eigenvalue weighted by Crippen LogP contribution is 2.34. The van der Waals surface area contributed by atoms with Crippen LogP contribution >= 0.6 is 0 Å². The molecule has 3 aromatic heterocycles. The number of hydrogen-bond donors (Lipinski definition) is 0. The van der Waals surface area contributed by atoms with Crippen molar-refractivity contribution in [1.82, 2.24) is 24.4 Å². The zero-order valence-corrected chi connectivity index (χ0v) is 19.7. The summed E-state index contributed by atoms with van der Waals surface area (Å²) in [6.07, 6.45) is -1.70. The van der Waals surface area contributed by atoms with Gasteiger partial charge in [-0.2, -0.15) is 23.5 Å². The number of nitriles is 1. The number of rotatable bonds is 6. The molecule has 172 valence electrons. The van der Waals surface area contributed by atoms with Crippen molar-refractivity contribution in [3.8, 4) is 17.2 Å². The summed E-state index contributed by atoms with van der Waals surface area (Å²) in [7, 11) is -1.20. The number of benzene rings is 1. The molecule has 0 fully saturated rings. The van der Waals surface area contributed by atoms with Crippen LogP contribution in [0.15, 0.2) is 30.6 Å². The fourth-order valence-electron chi connectivity index (χ4n) is 3.66. The Morgan fingerprint density at radius 1 is 1.21 bits per heavy atom. The van der Waals surface area contributed by atoms with Crippen LogP contribution in [0.5, 0.6) is 0 Å². The van der Waals surface area contributed by atoms with Gasteiger partial charge in [-0.05, 0) is 42.3 Å². The Hall–Kier alpha value is -3.23. The van der Waals surface area contributed by atoms with Crippen molar-refractivity contribution >= 4 is 24.6 Å². The van der Waals surface area contributed by atoms with Crippen molar-refractivity contribution in [1.29, 1.82) is 5.26 Å². The highest BCUT2D eigenvalue weighted by atomic mass is 28.3. The number of aromatic nitrogens is 5. The third-order valence-electron chi connectivity index (χ3n) is 5.30. The molecule has 0 N–H and O–H groups in total. The van der Waals surface area contributed by atoms with Gasteiger partial charge >= 0.3 is 6.18 Å². The number of hydrogen-bond acceptors (Lipinski definition) is 5. The molecule has 0 atom stereocenters. The van der Waals surface area contributed by atoms with E-state index < -0.39 is 20.1 Å². The first-order chi connectivity index (χ1) is 15.5. The standard InChI is InChI=1S/C22H23F3N6OSi/c1-14-9-16(10-17-12-27-31(19(14)17)13-32-7-8-33(2,3)4)18-15(11-26)5-6-30-20(18)28-21(29-30)22(23,24)25/h5-6,9-10,12H,7-8,13H2,1-4H3. The lowest BCUT2D eigenvalue weighted by molar-refractivity contribution is -0.144. The molecule has 33 heavy (non-hydrogen) atoms. The Bertz CT molecular complexity index is 1380. The van der Waals surface area contributed by atoms with Gasteiger partial charge in [-0.15, -0.1) is 5.10 Å². The summed E-state index contributed by atoms with van der Waals surface area (Å²) in [5.74, 6) is -1.25. The minimum absolute atomic E-state index is 0.0257. The van der Waals surface area contributed by atoms with Crippen molar-refractivity contribution in [3.63, 3.8) is 0 Å². The molecule has 0 unspecified atom stereocenters. The molecule has 0 saturated heterocycles. The minimum Gasteiger partial charge on any atom is -0.360 e. The molecule has 11 heteroatoms. The molecule has 0 spiro atoms. The third kappa shape index (κ3) is 4.62. The molecule has 0 radical (unpaired) electrons. The van der Waals surface area contributed by atoms with E-state index in [2.05, 4.69) is 40.9 Å². The van der Waals surface area contributed by atoms with Crippen molar-refractivity contribution in [2.75, 3.05) is 6.61 Å². The van der Waals surface area contributed by atoms with Crippen molar-refractivity contribution < 1.29 is 17.9 Å². The Labute approximate surface area is 189 Å².